The van der Waals surface area contributed by atoms with Crippen LogP contribution in [0.4, 0.5) is 0 Å². The molecule has 1 aliphatic heterocycles. The highest BCUT2D eigenvalue weighted by atomic mass is 35.5. The maximum absolute atomic E-state index is 13.6. The molecule has 0 radical (unpaired) electrons. The van der Waals surface area contributed by atoms with Crippen LogP contribution in [-0.2, 0) is 32.5 Å². The van der Waals surface area contributed by atoms with Gasteiger partial charge in [-0.2, -0.15) is 4.31 Å². The van der Waals surface area contributed by atoms with Gasteiger partial charge in [0.05, 0.1) is 16.7 Å². The number of carbonyl (C=O) groups excluding carboxylic acids is 1. The zero-order chi connectivity index (χ0) is 21.9. The third-order valence-electron chi connectivity index (χ3n) is 5.13. The summed E-state index contributed by atoms with van der Waals surface area (Å²) in [6.07, 6.45) is 0.273. The highest BCUT2D eigenvalue weighted by Crippen LogP contribution is 2.36. The van der Waals surface area contributed by atoms with Crippen LogP contribution in [0.2, 0.25) is 10.0 Å². The molecule has 0 N–H and O–H groups in total. The third kappa shape index (κ3) is 4.65. The highest BCUT2D eigenvalue weighted by Gasteiger charge is 2.42. The molecule has 162 valence electrons. The van der Waals surface area contributed by atoms with E-state index >= 15 is 0 Å². The van der Waals surface area contributed by atoms with Gasteiger partial charge in [0, 0.05) is 26.7 Å². The summed E-state index contributed by atoms with van der Waals surface area (Å²) in [7, 11) is -2.48. The Morgan fingerprint density at radius 1 is 1.13 bits per heavy atom. The van der Waals surface area contributed by atoms with E-state index in [0.29, 0.717) is 19.8 Å². The molecule has 0 aromatic heterocycles. The Kier molecular flexibility index (Phi) is 7.42. The number of carbonyl (C=O) groups is 1. The lowest BCUT2D eigenvalue weighted by Crippen LogP contribution is -2.53. The van der Waals surface area contributed by atoms with Crippen LogP contribution in [-0.4, -0.2) is 56.4 Å². The largest absolute Gasteiger partial charge is 0.380 e. The number of likely N-dealkylation sites (N-methyl/N-ethyl adjacent to an activating group) is 1. The fourth-order valence-corrected chi connectivity index (χ4v) is 6.17. The number of halogens is 2. The Morgan fingerprint density at radius 2 is 1.77 bits per heavy atom. The molecule has 30 heavy (non-hydrogen) atoms. The molecule has 3 rings (SSSR count). The minimum atomic E-state index is -4.13. The molecule has 9 heteroatoms. The lowest BCUT2D eigenvalue weighted by atomic mass is 9.95. The molecule has 1 aliphatic rings. The number of rotatable bonds is 7. The van der Waals surface area contributed by atoms with Gasteiger partial charge in [0.15, 0.2) is 0 Å². The molecule has 1 unspecified atom stereocenters. The zero-order valence-electron chi connectivity index (χ0n) is 16.8. The zero-order valence-corrected chi connectivity index (χ0v) is 19.2. The number of amides is 1. The molecule has 0 saturated heterocycles. The van der Waals surface area contributed by atoms with E-state index in [0.717, 1.165) is 11.1 Å². The second-order valence-electron chi connectivity index (χ2n) is 7.05. The molecule has 0 aliphatic carbocycles. The lowest BCUT2D eigenvalue weighted by molar-refractivity contribution is -0.135. The Labute approximate surface area is 187 Å². The van der Waals surface area contributed by atoms with Gasteiger partial charge in [0.1, 0.15) is 10.9 Å². The molecular formula is C21H24Cl2N2O4S. The molecule has 0 spiro atoms. The number of sulfonamides is 1. The summed E-state index contributed by atoms with van der Waals surface area (Å²) in [6.45, 7) is 3.23. The van der Waals surface area contributed by atoms with Crippen molar-refractivity contribution in [2.24, 2.45) is 0 Å². The average Bonchev–Trinajstić information content (AvgIpc) is 2.72. The van der Waals surface area contributed by atoms with Gasteiger partial charge < -0.3 is 9.64 Å². The van der Waals surface area contributed by atoms with Crippen molar-refractivity contribution in [3.63, 3.8) is 0 Å². The summed E-state index contributed by atoms with van der Waals surface area (Å²) in [5.74, 6) is -0.295. The van der Waals surface area contributed by atoms with Crippen molar-refractivity contribution in [3.05, 3.63) is 63.6 Å². The van der Waals surface area contributed by atoms with E-state index in [-0.39, 0.29) is 33.8 Å². The van der Waals surface area contributed by atoms with Crippen molar-refractivity contribution in [1.82, 2.24) is 9.21 Å². The van der Waals surface area contributed by atoms with Crippen LogP contribution >= 0.6 is 23.2 Å². The number of hydrogen-bond acceptors (Lipinski definition) is 4. The summed E-state index contributed by atoms with van der Waals surface area (Å²) in [5, 5.41) is 0.0505. The third-order valence-corrected chi connectivity index (χ3v) is 7.94. The highest BCUT2D eigenvalue weighted by molar-refractivity contribution is 7.89. The standard InChI is InChI=1S/C21H24Cl2N2O4S/c1-3-29-12-11-24(2)21(26)19-13-15-7-4-5-8-16(15)14-25(19)30(27,28)20-17(22)9-6-10-18(20)23/h4-10,19H,3,11-14H2,1-2H3. The second-order valence-corrected chi connectivity index (χ2v) is 9.69. The normalized spacial score (nSPS) is 16.9. The van der Waals surface area contributed by atoms with Gasteiger partial charge in [-0.3, -0.25) is 4.79 Å². The average molecular weight is 471 g/mol. The van der Waals surface area contributed by atoms with Gasteiger partial charge >= 0.3 is 0 Å². The van der Waals surface area contributed by atoms with Crippen LogP contribution < -0.4 is 0 Å². The van der Waals surface area contributed by atoms with Gasteiger partial charge in [0.2, 0.25) is 15.9 Å². The van der Waals surface area contributed by atoms with Gasteiger partial charge in [-0.25, -0.2) is 8.42 Å². The van der Waals surface area contributed by atoms with E-state index in [1.54, 1.807) is 13.1 Å². The first-order valence-corrected chi connectivity index (χ1v) is 11.8. The van der Waals surface area contributed by atoms with Gasteiger partial charge in [-0.15, -0.1) is 0 Å². The SMILES string of the molecule is CCOCCN(C)C(=O)C1Cc2ccccc2CN1S(=O)(=O)c1c(Cl)cccc1Cl. The van der Waals surface area contributed by atoms with E-state index in [1.165, 1.54) is 21.3 Å². The summed E-state index contributed by atoms with van der Waals surface area (Å²) in [6, 6.07) is 11.2. The number of hydrogen-bond donors (Lipinski definition) is 0. The summed E-state index contributed by atoms with van der Waals surface area (Å²) in [5.41, 5.74) is 1.80. The van der Waals surface area contributed by atoms with E-state index in [2.05, 4.69) is 0 Å². The van der Waals surface area contributed by atoms with Crippen LogP contribution in [0.5, 0.6) is 0 Å². The van der Waals surface area contributed by atoms with Gasteiger partial charge in [0.25, 0.3) is 0 Å². The van der Waals surface area contributed by atoms with Crippen LogP contribution in [0.3, 0.4) is 0 Å². The summed E-state index contributed by atoms with van der Waals surface area (Å²) < 4.78 is 33.7. The summed E-state index contributed by atoms with van der Waals surface area (Å²) in [4.78, 5) is 14.6. The maximum Gasteiger partial charge on any atom is 0.247 e. The van der Waals surface area contributed by atoms with Gasteiger partial charge in [-0.05, 0) is 36.6 Å². The van der Waals surface area contributed by atoms with Crippen molar-refractivity contribution < 1.29 is 17.9 Å². The molecule has 2 aromatic carbocycles. The van der Waals surface area contributed by atoms with Gasteiger partial charge in [-0.1, -0.05) is 53.5 Å². The predicted molar refractivity (Wildman–Crippen MR) is 117 cm³/mol. The van der Waals surface area contributed by atoms with E-state index in [4.69, 9.17) is 27.9 Å². The van der Waals surface area contributed by atoms with Crippen molar-refractivity contribution in [2.75, 3.05) is 26.8 Å². The minimum Gasteiger partial charge on any atom is -0.380 e. The molecule has 6 nitrogen and oxygen atoms in total. The molecular weight excluding hydrogens is 447 g/mol. The first-order chi connectivity index (χ1) is 14.3. The molecule has 0 bridgehead atoms. The Morgan fingerprint density at radius 3 is 2.40 bits per heavy atom. The summed E-state index contributed by atoms with van der Waals surface area (Å²) >= 11 is 12.4. The van der Waals surface area contributed by atoms with Crippen LogP contribution in [0.25, 0.3) is 0 Å². The van der Waals surface area contributed by atoms with E-state index in [9.17, 15) is 13.2 Å². The Hall–Kier alpha value is -1.64. The topological polar surface area (TPSA) is 66.9 Å². The Bertz CT molecular complexity index is 1010. The molecule has 2 aromatic rings. The van der Waals surface area contributed by atoms with E-state index < -0.39 is 16.1 Å². The first-order valence-electron chi connectivity index (χ1n) is 9.62. The first kappa shape index (κ1) is 23.0. The number of nitrogens with zero attached hydrogens (tertiary/aromatic N) is 2. The maximum atomic E-state index is 13.6. The van der Waals surface area contributed by atoms with Crippen molar-refractivity contribution in [3.8, 4) is 0 Å². The van der Waals surface area contributed by atoms with Crippen LogP contribution in [0.1, 0.15) is 18.1 Å². The number of ether oxygens (including phenoxy) is 1. The fourth-order valence-electron chi connectivity index (χ4n) is 3.52. The van der Waals surface area contributed by atoms with Crippen LogP contribution in [0, 0.1) is 0 Å². The Balaban J connectivity index is 2.01. The number of fused-ring (bicyclic) bond motifs is 1. The molecule has 1 amide bonds. The molecule has 0 saturated carbocycles. The van der Waals surface area contributed by atoms with Crippen LogP contribution in [0.15, 0.2) is 47.4 Å². The van der Waals surface area contributed by atoms with Crippen molar-refractivity contribution >= 4 is 39.1 Å². The second kappa shape index (κ2) is 9.66. The van der Waals surface area contributed by atoms with Crippen molar-refractivity contribution in [1.29, 1.82) is 0 Å². The predicted octanol–water partition coefficient (Wildman–Crippen LogP) is 3.60. The van der Waals surface area contributed by atoms with E-state index in [1.807, 2.05) is 31.2 Å². The molecule has 0 fully saturated rings. The lowest BCUT2D eigenvalue weighted by Gasteiger charge is -2.37. The van der Waals surface area contributed by atoms with Crippen molar-refractivity contribution in [2.45, 2.75) is 30.8 Å². The molecule has 1 heterocycles. The monoisotopic (exact) mass is 470 g/mol. The quantitative estimate of drug-likeness (QED) is 0.579. The smallest absolute Gasteiger partial charge is 0.247 e. The fraction of sp³-hybridized carbons (Fsp3) is 0.381. The molecule has 1 atom stereocenters. The minimum absolute atomic E-state index is 0.0252. The number of benzene rings is 2.